The van der Waals surface area contributed by atoms with Crippen LogP contribution in [-0.4, -0.2) is 42.4 Å². The molecule has 1 saturated carbocycles. The van der Waals surface area contributed by atoms with E-state index in [9.17, 15) is 13.6 Å². The van der Waals surface area contributed by atoms with Crippen molar-refractivity contribution in [2.45, 2.75) is 44.7 Å². The molecule has 2 rings (SSSR count). The zero-order valence-electron chi connectivity index (χ0n) is 13.3. The Balaban J connectivity index is 1.87. The Kier molecular flexibility index (Phi) is 5.89. The molecule has 0 unspecified atom stereocenters. The first-order valence-corrected chi connectivity index (χ1v) is 7.85. The van der Waals surface area contributed by atoms with Crippen LogP contribution in [0.4, 0.5) is 8.78 Å². The summed E-state index contributed by atoms with van der Waals surface area (Å²) in [4.78, 5) is 15.9. The normalized spacial score (nSPS) is 16.0. The van der Waals surface area contributed by atoms with Gasteiger partial charge in [0, 0.05) is 31.3 Å². The van der Waals surface area contributed by atoms with Gasteiger partial charge in [-0.1, -0.05) is 25.3 Å². The third kappa shape index (κ3) is 4.50. The van der Waals surface area contributed by atoms with Crippen LogP contribution in [0.1, 0.15) is 37.7 Å². The molecule has 1 aliphatic rings. The van der Waals surface area contributed by atoms with Gasteiger partial charge in [-0.2, -0.15) is 0 Å². The van der Waals surface area contributed by atoms with E-state index in [1.54, 1.807) is 11.9 Å². The lowest BCUT2D eigenvalue weighted by Gasteiger charge is -2.32. The van der Waals surface area contributed by atoms with E-state index in [1.165, 1.54) is 31.4 Å². The number of rotatable bonds is 5. The monoisotopic (exact) mass is 310 g/mol. The molecule has 3 nitrogen and oxygen atoms in total. The molecule has 0 aliphatic heterocycles. The van der Waals surface area contributed by atoms with Gasteiger partial charge in [-0.25, -0.2) is 8.78 Å². The van der Waals surface area contributed by atoms with Gasteiger partial charge in [0.1, 0.15) is 11.6 Å². The first kappa shape index (κ1) is 16.9. The molecular formula is C17H24F2N2O. The number of carbonyl (C=O) groups excluding carboxylic acids is 1. The molecule has 1 aromatic rings. The van der Waals surface area contributed by atoms with Crippen molar-refractivity contribution < 1.29 is 13.6 Å². The van der Waals surface area contributed by atoms with Crippen molar-refractivity contribution in [1.29, 1.82) is 0 Å². The van der Waals surface area contributed by atoms with E-state index in [-0.39, 0.29) is 19.0 Å². The Morgan fingerprint density at radius 1 is 1.18 bits per heavy atom. The molecule has 122 valence electrons. The van der Waals surface area contributed by atoms with Crippen molar-refractivity contribution in [3.8, 4) is 0 Å². The maximum Gasteiger partial charge on any atom is 0.236 e. The van der Waals surface area contributed by atoms with Gasteiger partial charge in [0.15, 0.2) is 0 Å². The SMILES string of the molecule is CN(CC(=O)N(C)C1CCCCC1)Cc1ccc(F)cc1F. The molecular weight excluding hydrogens is 286 g/mol. The predicted molar refractivity (Wildman–Crippen MR) is 82.3 cm³/mol. The average Bonchev–Trinajstić information content (AvgIpc) is 2.50. The maximum absolute atomic E-state index is 13.6. The smallest absolute Gasteiger partial charge is 0.236 e. The summed E-state index contributed by atoms with van der Waals surface area (Å²) in [5.74, 6) is -1.10. The van der Waals surface area contributed by atoms with Crippen LogP contribution in [0.25, 0.3) is 0 Å². The number of carbonyl (C=O) groups is 1. The molecule has 1 aliphatic carbocycles. The molecule has 0 atom stereocenters. The summed E-state index contributed by atoms with van der Waals surface area (Å²) in [6, 6.07) is 3.87. The third-order valence-electron chi connectivity index (χ3n) is 4.38. The highest BCUT2D eigenvalue weighted by molar-refractivity contribution is 5.78. The number of likely N-dealkylation sites (N-methyl/N-ethyl adjacent to an activating group) is 2. The van der Waals surface area contributed by atoms with E-state index in [1.807, 2.05) is 11.9 Å². The van der Waals surface area contributed by atoms with E-state index in [0.29, 0.717) is 11.6 Å². The highest BCUT2D eigenvalue weighted by atomic mass is 19.1. The fourth-order valence-electron chi connectivity index (χ4n) is 3.01. The number of hydrogen-bond acceptors (Lipinski definition) is 2. The van der Waals surface area contributed by atoms with Gasteiger partial charge in [0.2, 0.25) is 5.91 Å². The average molecular weight is 310 g/mol. The van der Waals surface area contributed by atoms with E-state index < -0.39 is 11.6 Å². The summed E-state index contributed by atoms with van der Waals surface area (Å²) in [6.45, 7) is 0.528. The standard InChI is InChI=1S/C17H24F2N2O/c1-20(11-13-8-9-14(18)10-16(13)19)12-17(22)21(2)15-6-4-3-5-7-15/h8-10,15H,3-7,11-12H2,1-2H3. The van der Waals surface area contributed by atoms with E-state index in [0.717, 1.165) is 18.9 Å². The second kappa shape index (κ2) is 7.68. The van der Waals surface area contributed by atoms with Gasteiger partial charge in [0.25, 0.3) is 0 Å². The zero-order chi connectivity index (χ0) is 16.1. The Hall–Kier alpha value is -1.49. The van der Waals surface area contributed by atoms with Gasteiger partial charge in [-0.3, -0.25) is 9.69 Å². The molecule has 0 bridgehead atoms. The van der Waals surface area contributed by atoms with Gasteiger partial charge < -0.3 is 4.90 Å². The van der Waals surface area contributed by atoms with Crippen molar-refractivity contribution in [1.82, 2.24) is 9.80 Å². The zero-order valence-corrected chi connectivity index (χ0v) is 13.3. The van der Waals surface area contributed by atoms with Crippen LogP contribution in [0, 0.1) is 11.6 Å². The Morgan fingerprint density at radius 2 is 1.86 bits per heavy atom. The van der Waals surface area contributed by atoms with Crippen molar-refractivity contribution in [2.24, 2.45) is 0 Å². The third-order valence-corrected chi connectivity index (χ3v) is 4.38. The van der Waals surface area contributed by atoms with Crippen LogP contribution in [0.15, 0.2) is 18.2 Å². The summed E-state index contributed by atoms with van der Waals surface area (Å²) in [6.07, 6.45) is 5.75. The molecule has 1 aromatic carbocycles. The second-order valence-electron chi connectivity index (χ2n) is 6.20. The topological polar surface area (TPSA) is 23.6 Å². The molecule has 0 heterocycles. The molecule has 0 aromatic heterocycles. The lowest BCUT2D eigenvalue weighted by Crippen LogP contribution is -2.43. The van der Waals surface area contributed by atoms with Crippen LogP contribution in [0.3, 0.4) is 0 Å². The molecule has 5 heteroatoms. The summed E-state index contributed by atoms with van der Waals surface area (Å²) in [7, 11) is 3.63. The van der Waals surface area contributed by atoms with Crippen molar-refractivity contribution in [2.75, 3.05) is 20.6 Å². The molecule has 0 radical (unpaired) electrons. The van der Waals surface area contributed by atoms with E-state index >= 15 is 0 Å². The summed E-state index contributed by atoms with van der Waals surface area (Å²) in [5.41, 5.74) is 0.400. The molecule has 22 heavy (non-hydrogen) atoms. The number of benzene rings is 1. The summed E-state index contributed by atoms with van der Waals surface area (Å²) >= 11 is 0. The van der Waals surface area contributed by atoms with E-state index in [2.05, 4.69) is 0 Å². The highest BCUT2D eigenvalue weighted by Gasteiger charge is 2.22. The van der Waals surface area contributed by atoms with Crippen LogP contribution >= 0.6 is 0 Å². The first-order chi connectivity index (χ1) is 10.5. The van der Waals surface area contributed by atoms with Crippen molar-refractivity contribution >= 4 is 5.91 Å². The van der Waals surface area contributed by atoms with Crippen LogP contribution in [0.2, 0.25) is 0 Å². The minimum atomic E-state index is -0.586. The molecule has 0 N–H and O–H groups in total. The number of nitrogens with zero attached hydrogens (tertiary/aromatic N) is 2. The quantitative estimate of drug-likeness (QED) is 0.834. The summed E-state index contributed by atoms with van der Waals surface area (Å²) < 4.78 is 26.5. The Bertz CT molecular complexity index is 515. The molecule has 0 saturated heterocycles. The van der Waals surface area contributed by atoms with Gasteiger partial charge >= 0.3 is 0 Å². The Labute approximate surface area is 130 Å². The minimum Gasteiger partial charge on any atom is -0.342 e. The van der Waals surface area contributed by atoms with Crippen LogP contribution in [0.5, 0.6) is 0 Å². The molecule has 1 fully saturated rings. The van der Waals surface area contributed by atoms with Gasteiger partial charge in [0.05, 0.1) is 6.54 Å². The first-order valence-electron chi connectivity index (χ1n) is 7.85. The van der Waals surface area contributed by atoms with Gasteiger partial charge in [-0.15, -0.1) is 0 Å². The number of amides is 1. The largest absolute Gasteiger partial charge is 0.342 e. The fourth-order valence-corrected chi connectivity index (χ4v) is 3.01. The molecule has 0 spiro atoms. The van der Waals surface area contributed by atoms with E-state index in [4.69, 9.17) is 0 Å². The van der Waals surface area contributed by atoms with Crippen molar-refractivity contribution in [3.05, 3.63) is 35.4 Å². The fraction of sp³-hybridized carbons (Fsp3) is 0.588. The predicted octanol–water partition coefficient (Wildman–Crippen LogP) is 3.19. The lowest BCUT2D eigenvalue weighted by molar-refractivity contribution is -0.133. The summed E-state index contributed by atoms with van der Waals surface area (Å²) in [5, 5.41) is 0. The van der Waals surface area contributed by atoms with Crippen LogP contribution < -0.4 is 0 Å². The van der Waals surface area contributed by atoms with Gasteiger partial charge in [-0.05, 0) is 26.0 Å². The number of halogens is 2. The number of hydrogen-bond donors (Lipinski definition) is 0. The Morgan fingerprint density at radius 3 is 2.50 bits per heavy atom. The second-order valence-corrected chi connectivity index (χ2v) is 6.20. The van der Waals surface area contributed by atoms with Crippen LogP contribution in [-0.2, 0) is 11.3 Å². The van der Waals surface area contributed by atoms with Crippen molar-refractivity contribution in [3.63, 3.8) is 0 Å². The highest BCUT2D eigenvalue weighted by Crippen LogP contribution is 2.21. The maximum atomic E-state index is 13.6. The lowest BCUT2D eigenvalue weighted by atomic mass is 9.94. The minimum absolute atomic E-state index is 0.0527. The molecule has 1 amide bonds.